The van der Waals surface area contributed by atoms with Crippen molar-refractivity contribution in [1.82, 2.24) is 25.1 Å². The number of allylic oxidation sites excluding steroid dienone is 9. The van der Waals surface area contributed by atoms with Crippen molar-refractivity contribution in [2.45, 2.75) is 102 Å². The molecule has 2 fully saturated rings. The molecule has 1 aromatic heterocycles. The highest BCUT2D eigenvalue weighted by molar-refractivity contribution is 7.89. The fourth-order valence-corrected chi connectivity index (χ4v) is 13.6. The summed E-state index contributed by atoms with van der Waals surface area (Å²) in [6.07, 6.45) is 16.1. The summed E-state index contributed by atoms with van der Waals surface area (Å²) >= 11 is 0. The zero-order valence-corrected chi connectivity index (χ0v) is 51.5. The van der Waals surface area contributed by atoms with Crippen molar-refractivity contribution in [2.24, 2.45) is 17.1 Å². The lowest BCUT2D eigenvalue weighted by Crippen LogP contribution is -2.51. The highest BCUT2D eigenvalue weighted by atomic mass is 32.2. The number of benzene rings is 4. The number of likely N-dealkylation sites (N-methyl/N-ethyl adjacent to an activating group) is 1. The van der Waals surface area contributed by atoms with Crippen molar-refractivity contribution in [1.29, 1.82) is 0 Å². The van der Waals surface area contributed by atoms with Crippen molar-refractivity contribution in [3.63, 3.8) is 0 Å². The maximum absolute atomic E-state index is 13.9. The van der Waals surface area contributed by atoms with Gasteiger partial charge in [0.1, 0.15) is 18.2 Å². The van der Waals surface area contributed by atoms with E-state index in [9.17, 15) is 35.5 Å². The quantitative estimate of drug-likeness (QED) is 0.0231. The van der Waals surface area contributed by atoms with E-state index in [4.69, 9.17) is 35.6 Å². The molecular weight excluding hydrogens is 1130 g/mol. The molecule has 0 bridgehead atoms. The Kier molecular flexibility index (Phi) is 19.0. The van der Waals surface area contributed by atoms with E-state index >= 15 is 0 Å². The summed E-state index contributed by atoms with van der Waals surface area (Å²) in [6, 6.07) is 24.5. The van der Waals surface area contributed by atoms with Gasteiger partial charge in [-0.1, -0.05) is 101 Å². The van der Waals surface area contributed by atoms with Gasteiger partial charge in [-0.15, -0.1) is 0 Å². The Morgan fingerprint density at radius 1 is 0.849 bits per heavy atom. The fraction of sp³-hybridized carbons (Fsp3) is 0.406. The Morgan fingerprint density at radius 3 is 2.33 bits per heavy atom. The van der Waals surface area contributed by atoms with Crippen LogP contribution in [0.3, 0.4) is 0 Å². The minimum atomic E-state index is -4.39. The number of piperazine rings is 1. The number of unbranched alkanes of at least 4 members (excludes halogenated alkanes) is 2. The van der Waals surface area contributed by atoms with Gasteiger partial charge in [0.05, 0.1) is 48.2 Å². The predicted molar refractivity (Wildman–Crippen MR) is 334 cm³/mol. The summed E-state index contributed by atoms with van der Waals surface area (Å²) in [5.74, 6) is 1.84. The first kappa shape index (κ1) is 62.8. The fourth-order valence-electron chi connectivity index (χ4n) is 12.5. The molecule has 1 aliphatic carbocycles. The van der Waals surface area contributed by atoms with E-state index in [0.29, 0.717) is 79.7 Å². The number of anilines is 3. The highest BCUT2D eigenvalue weighted by Crippen LogP contribution is 2.54. The van der Waals surface area contributed by atoms with Gasteiger partial charge in [0.2, 0.25) is 17.8 Å². The van der Waals surface area contributed by atoms with Gasteiger partial charge in [0, 0.05) is 96.9 Å². The zero-order chi connectivity index (χ0) is 61.7. The molecule has 3 aliphatic heterocycles. The van der Waals surface area contributed by atoms with Gasteiger partial charge < -0.3 is 50.6 Å². The van der Waals surface area contributed by atoms with E-state index in [2.05, 4.69) is 48.9 Å². The third-order valence-corrected chi connectivity index (χ3v) is 19.0. The number of fused-ring (bicyclic) bond motifs is 3. The van der Waals surface area contributed by atoms with Gasteiger partial charge >= 0.3 is 0 Å². The number of carbonyl (C=O) groups is 2. The molecule has 9 rings (SSSR count). The number of nitrogens with zero attached hydrogens (tertiary/aromatic N) is 6. The largest absolute Gasteiger partial charge is 0.493 e. The molecule has 7 N–H and O–H groups in total. The van der Waals surface area contributed by atoms with E-state index < -0.39 is 43.1 Å². The summed E-state index contributed by atoms with van der Waals surface area (Å²) in [5, 5.41) is 3.60. The lowest BCUT2D eigenvalue weighted by Gasteiger charge is -2.42. The maximum atomic E-state index is 13.9. The first-order valence-electron chi connectivity index (χ1n) is 29.1. The maximum Gasteiger partial charge on any atom is 0.294 e. The van der Waals surface area contributed by atoms with Crippen LogP contribution in [0.1, 0.15) is 102 Å². The van der Waals surface area contributed by atoms with Gasteiger partial charge in [0.15, 0.2) is 11.5 Å². The van der Waals surface area contributed by atoms with Gasteiger partial charge in [0.25, 0.3) is 20.2 Å². The predicted octanol–water partition coefficient (Wildman–Crippen LogP) is 9.21. The Morgan fingerprint density at radius 2 is 1.60 bits per heavy atom. The zero-order valence-electron chi connectivity index (χ0n) is 49.8. The molecule has 3 unspecified atom stereocenters. The van der Waals surface area contributed by atoms with Crippen LogP contribution < -0.4 is 40.8 Å². The Hall–Kier alpha value is -7.76. The molecule has 5 aromatic rings. The third kappa shape index (κ3) is 13.6. The van der Waals surface area contributed by atoms with Crippen LogP contribution >= 0.6 is 0 Å². The number of rotatable bonds is 23. The Bertz CT molecular complexity index is 3740. The molecule has 2 amide bonds. The lowest BCUT2D eigenvalue weighted by molar-refractivity contribution is -0.132. The minimum absolute atomic E-state index is 0.0226. The lowest BCUT2D eigenvalue weighted by atomic mass is 9.75. The van der Waals surface area contributed by atoms with Crippen molar-refractivity contribution >= 4 is 60.4 Å². The molecule has 4 heterocycles. The first-order valence-corrected chi connectivity index (χ1v) is 32.0. The normalized spacial score (nSPS) is 20.1. The molecular formula is C64H79N9O11S2. The summed E-state index contributed by atoms with van der Waals surface area (Å²) < 4.78 is 85.8. The van der Waals surface area contributed by atoms with Crippen LogP contribution in [-0.4, -0.2) is 124 Å². The average Bonchev–Trinajstić information content (AvgIpc) is 2.22. The Labute approximate surface area is 504 Å². The molecule has 4 atom stereocenters. The number of carbonyl (C=O) groups excluding carboxylic acids is 2. The van der Waals surface area contributed by atoms with Crippen molar-refractivity contribution in [3.05, 3.63) is 160 Å². The molecule has 86 heavy (non-hydrogen) atoms. The second kappa shape index (κ2) is 26.1. The van der Waals surface area contributed by atoms with Gasteiger partial charge in [-0.2, -0.15) is 21.8 Å². The van der Waals surface area contributed by atoms with Crippen LogP contribution in [0.4, 0.5) is 17.5 Å². The van der Waals surface area contributed by atoms with E-state index in [0.717, 1.165) is 46.6 Å². The van der Waals surface area contributed by atoms with Gasteiger partial charge in [-0.3, -0.25) is 18.7 Å². The van der Waals surface area contributed by atoms with Crippen molar-refractivity contribution < 1.29 is 49.7 Å². The number of likely N-dealkylation sites (tertiary alicyclic amines) is 1. The first-order chi connectivity index (χ1) is 40.9. The minimum Gasteiger partial charge on any atom is -0.493 e. The number of aromatic nitrogens is 2. The van der Waals surface area contributed by atoms with Gasteiger partial charge in [-0.25, -0.2) is 4.98 Å². The van der Waals surface area contributed by atoms with Crippen molar-refractivity contribution in [3.8, 4) is 17.2 Å². The van der Waals surface area contributed by atoms with Crippen LogP contribution in [0.15, 0.2) is 149 Å². The molecule has 458 valence electrons. The van der Waals surface area contributed by atoms with E-state index in [-0.39, 0.29) is 65.4 Å². The van der Waals surface area contributed by atoms with Crippen LogP contribution in [0.5, 0.6) is 17.2 Å². The SMILES string of the molecule is CCN1c2ccc(S(=O)(=O)O)cc2C(C)(C)C1/C=C/C=C/C=C1/N(CCCCCC(=O)NCCOc2cccc(C3CN(C(=O)C[C@@H](N)c4ccccc4)CCN3c3nc(N)c4cc(OC)c(OC)cc4n3)c2)C2=CC=C(S(=O)(=O)O)CC2C1(C)C. The molecule has 0 radical (unpaired) electrons. The van der Waals surface area contributed by atoms with E-state index in [1.54, 1.807) is 44.6 Å². The Balaban J connectivity index is 0.812. The number of hydrogen-bond donors (Lipinski definition) is 5. The average molecular weight is 1210 g/mol. The van der Waals surface area contributed by atoms with E-state index in [1.165, 1.54) is 12.1 Å². The number of nitrogen functional groups attached to an aromatic ring is 1. The summed E-state index contributed by atoms with van der Waals surface area (Å²) in [4.78, 5) is 45.0. The molecule has 4 aromatic carbocycles. The molecule has 0 spiro atoms. The van der Waals surface area contributed by atoms with Crippen LogP contribution in [0.25, 0.3) is 10.9 Å². The number of methoxy groups -OCH3 is 2. The van der Waals surface area contributed by atoms with Crippen LogP contribution in [-0.2, 0) is 35.2 Å². The highest BCUT2D eigenvalue weighted by Gasteiger charge is 2.49. The molecule has 22 heteroatoms. The molecule has 2 saturated heterocycles. The molecule has 20 nitrogen and oxygen atoms in total. The summed E-state index contributed by atoms with van der Waals surface area (Å²) in [5.41, 5.74) is 18.2. The van der Waals surface area contributed by atoms with Crippen LogP contribution in [0.2, 0.25) is 0 Å². The van der Waals surface area contributed by atoms with E-state index in [1.807, 2.05) is 95.6 Å². The standard InChI is InChI=1S/C64H79N9O11S2/c1-8-71-52-28-26-45(85(76,77)78)36-48(52)63(2,3)57(71)23-14-10-15-24-58-64(4,5)49-37-46(86(79,80)81)27-29-53(49)72(58)31-17-11-16-25-59(74)67-30-34-84-44-22-18-21-43(35-44)54-41-70(60(75)39-50(65)42-19-12-9-13-20-42)32-33-73(54)62-68-51-40-56(83-7)55(82-6)38-47(51)61(66)69-62/h9-10,12-15,18-24,26-29,35-36,38,40,49-50,54,57H,8,11,16-17,25,30-34,37,39,41,65H2,1-7H3,(H,67,74)(H2,66,68,69)(H,76,77,78)(H,79,80,81)/b15-10+,23-14+,58-24+/t49?,50-,54?,57?/m1/s1. The van der Waals surface area contributed by atoms with Crippen LogP contribution in [0, 0.1) is 11.3 Å². The topological polar surface area (TPSA) is 273 Å². The second-order valence-corrected chi connectivity index (χ2v) is 26.1. The number of nitrogens with one attached hydrogen (secondary N) is 1. The number of ether oxygens (including phenoxy) is 3. The monoisotopic (exact) mass is 1210 g/mol. The molecule has 0 saturated carbocycles. The number of nitrogens with two attached hydrogens (primary N) is 2. The summed E-state index contributed by atoms with van der Waals surface area (Å²) in [6.45, 7) is 13.2. The number of hydrogen-bond acceptors (Lipinski definition) is 16. The van der Waals surface area contributed by atoms with Gasteiger partial charge in [-0.05, 0) is 97.5 Å². The third-order valence-electron chi connectivity index (χ3n) is 17.2. The molecule has 4 aliphatic rings. The van der Waals surface area contributed by atoms with Crippen molar-refractivity contribution in [2.75, 3.05) is 75.6 Å². The smallest absolute Gasteiger partial charge is 0.294 e. The second-order valence-electron chi connectivity index (χ2n) is 23.2. The number of amides is 2. The summed E-state index contributed by atoms with van der Waals surface area (Å²) in [7, 11) is -5.66.